The van der Waals surface area contributed by atoms with Crippen LogP contribution in [0.4, 0.5) is 14.6 Å². The monoisotopic (exact) mass is 444 g/mol. The summed E-state index contributed by atoms with van der Waals surface area (Å²) in [7, 11) is 0. The van der Waals surface area contributed by atoms with E-state index in [1.54, 1.807) is 43.5 Å². The summed E-state index contributed by atoms with van der Waals surface area (Å²) in [6.45, 7) is 2.09. The molecular formula is C22H22F2N4O2S. The average Bonchev–Trinajstić information content (AvgIpc) is 2.78. The van der Waals surface area contributed by atoms with Crippen molar-refractivity contribution in [2.75, 3.05) is 24.2 Å². The van der Waals surface area contributed by atoms with E-state index in [0.29, 0.717) is 27.7 Å². The fraction of sp³-hybridized carbons (Fsp3) is 0.364. The molecule has 162 valence electrons. The minimum atomic E-state index is -2.66. The predicted molar refractivity (Wildman–Crippen MR) is 116 cm³/mol. The largest absolute Gasteiger partial charge is 0.453 e. The van der Waals surface area contributed by atoms with Crippen LogP contribution < -0.4 is 4.90 Å². The van der Waals surface area contributed by atoms with E-state index in [0.717, 1.165) is 5.39 Å². The van der Waals surface area contributed by atoms with Gasteiger partial charge in [-0.05, 0) is 31.4 Å². The Labute approximate surface area is 183 Å². The molecule has 2 aromatic heterocycles. The van der Waals surface area contributed by atoms with Gasteiger partial charge in [0.05, 0.1) is 11.3 Å². The summed E-state index contributed by atoms with van der Waals surface area (Å²) < 4.78 is 33.0. The molecule has 0 saturated carbocycles. The summed E-state index contributed by atoms with van der Waals surface area (Å²) in [5, 5.41) is 1.30. The van der Waals surface area contributed by atoms with Crippen molar-refractivity contribution in [1.82, 2.24) is 15.0 Å². The summed E-state index contributed by atoms with van der Waals surface area (Å²) in [5.41, 5.74) is 1.57. The number of fused-ring (bicyclic) bond motifs is 1. The molecule has 3 aromatic rings. The van der Waals surface area contributed by atoms with Crippen molar-refractivity contribution < 1.29 is 18.3 Å². The molecule has 0 spiro atoms. The zero-order valence-electron chi connectivity index (χ0n) is 17.2. The standard InChI is InChI=1S/C22H22F2N4O2S/c1-14(30-20(29)15-6-4-3-5-7-15)17-12-16-13-25-21(31-2)27-18(16)19(26-17)28-10-8-22(23,24)9-11-28/h3-7,12-14H,8-11H2,1-2H3/t14-/m1/s1. The average molecular weight is 445 g/mol. The molecule has 0 radical (unpaired) electrons. The molecule has 1 fully saturated rings. The van der Waals surface area contributed by atoms with Crippen molar-refractivity contribution in [3.63, 3.8) is 0 Å². The molecular weight excluding hydrogens is 422 g/mol. The number of hydrogen-bond acceptors (Lipinski definition) is 7. The molecule has 3 heterocycles. The van der Waals surface area contributed by atoms with E-state index in [4.69, 9.17) is 9.72 Å². The van der Waals surface area contributed by atoms with Gasteiger partial charge in [0.2, 0.25) is 0 Å². The molecule has 0 unspecified atom stereocenters. The van der Waals surface area contributed by atoms with Crippen LogP contribution in [0.15, 0.2) is 47.8 Å². The SMILES string of the molecule is CSc1ncc2cc([C@@H](C)OC(=O)c3ccccc3)nc(N3CCC(F)(F)CC3)c2n1. The molecule has 4 rings (SSSR count). The van der Waals surface area contributed by atoms with Crippen LogP contribution in [-0.2, 0) is 4.74 Å². The highest BCUT2D eigenvalue weighted by atomic mass is 32.2. The summed E-state index contributed by atoms with van der Waals surface area (Å²) in [6.07, 6.45) is 2.45. The Balaban J connectivity index is 1.68. The van der Waals surface area contributed by atoms with E-state index in [-0.39, 0.29) is 25.9 Å². The first-order valence-electron chi connectivity index (χ1n) is 9.97. The lowest BCUT2D eigenvalue weighted by molar-refractivity contribution is -0.0221. The highest BCUT2D eigenvalue weighted by molar-refractivity contribution is 7.98. The number of aromatic nitrogens is 3. The smallest absolute Gasteiger partial charge is 0.338 e. The summed E-state index contributed by atoms with van der Waals surface area (Å²) in [6, 6.07) is 10.5. The predicted octanol–water partition coefficient (Wildman–Crippen LogP) is 4.90. The quantitative estimate of drug-likeness (QED) is 0.315. The second-order valence-electron chi connectivity index (χ2n) is 7.42. The van der Waals surface area contributed by atoms with E-state index >= 15 is 0 Å². The number of esters is 1. The first kappa shape index (κ1) is 21.4. The number of halogens is 2. The molecule has 1 saturated heterocycles. The van der Waals surface area contributed by atoms with Crippen LogP contribution in [-0.4, -0.2) is 46.2 Å². The number of thioether (sulfide) groups is 1. The second-order valence-corrected chi connectivity index (χ2v) is 8.20. The zero-order chi connectivity index (χ0) is 22.0. The highest BCUT2D eigenvalue weighted by Crippen LogP contribution is 2.34. The molecule has 6 nitrogen and oxygen atoms in total. The molecule has 1 aliphatic heterocycles. The fourth-order valence-electron chi connectivity index (χ4n) is 3.46. The molecule has 9 heteroatoms. The zero-order valence-corrected chi connectivity index (χ0v) is 18.0. The normalized spacial score (nSPS) is 16.8. The van der Waals surface area contributed by atoms with E-state index in [1.165, 1.54) is 11.8 Å². The lowest BCUT2D eigenvalue weighted by atomic mass is 10.1. The summed E-state index contributed by atoms with van der Waals surface area (Å²) in [4.78, 5) is 27.9. The molecule has 1 aliphatic rings. The van der Waals surface area contributed by atoms with Crippen molar-refractivity contribution in [3.05, 3.63) is 53.9 Å². The van der Waals surface area contributed by atoms with Gasteiger partial charge in [-0.2, -0.15) is 0 Å². The van der Waals surface area contributed by atoms with Gasteiger partial charge in [-0.25, -0.2) is 28.5 Å². The molecule has 0 aliphatic carbocycles. The fourth-order valence-corrected chi connectivity index (χ4v) is 3.80. The Morgan fingerprint density at radius 3 is 2.58 bits per heavy atom. The number of carbonyl (C=O) groups is 1. The molecule has 0 bridgehead atoms. The Morgan fingerprint density at radius 1 is 1.19 bits per heavy atom. The van der Waals surface area contributed by atoms with Gasteiger partial charge in [0, 0.05) is 37.5 Å². The minimum absolute atomic E-state index is 0.176. The maximum Gasteiger partial charge on any atom is 0.338 e. The third-order valence-corrected chi connectivity index (χ3v) is 5.79. The number of rotatable bonds is 5. The number of benzene rings is 1. The number of alkyl halides is 2. The topological polar surface area (TPSA) is 68.2 Å². The Kier molecular flexibility index (Phi) is 6.04. The van der Waals surface area contributed by atoms with E-state index in [2.05, 4.69) is 9.97 Å². The van der Waals surface area contributed by atoms with Gasteiger partial charge < -0.3 is 9.64 Å². The third kappa shape index (κ3) is 4.76. The molecule has 0 N–H and O–H groups in total. The van der Waals surface area contributed by atoms with Crippen molar-refractivity contribution >= 4 is 34.5 Å². The van der Waals surface area contributed by atoms with Crippen molar-refractivity contribution in [3.8, 4) is 0 Å². The van der Waals surface area contributed by atoms with Gasteiger partial charge in [-0.3, -0.25) is 0 Å². The number of ether oxygens (including phenoxy) is 1. The van der Waals surface area contributed by atoms with Gasteiger partial charge in [-0.15, -0.1) is 0 Å². The van der Waals surface area contributed by atoms with Crippen LogP contribution in [0.5, 0.6) is 0 Å². The van der Waals surface area contributed by atoms with Gasteiger partial charge in [0.15, 0.2) is 11.0 Å². The van der Waals surface area contributed by atoms with Gasteiger partial charge in [0.25, 0.3) is 5.92 Å². The van der Waals surface area contributed by atoms with Crippen molar-refractivity contribution in [2.45, 2.75) is 36.9 Å². The first-order valence-corrected chi connectivity index (χ1v) is 11.2. The van der Waals surface area contributed by atoms with E-state index in [1.807, 2.05) is 17.2 Å². The summed E-state index contributed by atoms with van der Waals surface area (Å²) >= 11 is 1.40. The van der Waals surface area contributed by atoms with Gasteiger partial charge in [-0.1, -0.05) is 30.0 Å². The Hall–Kier alpha value is -2.81. The van der Waals surface area contributed by atoms with Crippen LogP contribution in [0.1, 0.15) is 41.9 Å². The molecule has 1 atom stereocenters. The van der Waals surface area contributed by atoms with Crippen molar-refractivity contribution in [1.29, 1.82) is 0 Å². The number of pyridine rings is 1. The van der Waals surface area contributed by atoms with Gasteiger partial charge >= 0.3 is 5.97 Å². The molecule has 31 heavy (non-hydrogen) atoms. The van der Waals surface area contributed by atoms with Crippen LogP contribution in [0.3, 0.4) is 0 Å². The van der Waals surface area contributed by atoms with Crippen LogP contribution in [0.25, 0.3) is 10.9 Å². The summed E-state index contributed by atoms with van der Waals surface area (Å²) in [5.74, 6) is -2.60. The highest BCUT2D eigenvalue weighted by Gasteiger charge is 2.35. The maximum atomic E-state index is 13.7. The van der Waals surface area contributed by atoms with Crippen molar-refractivity contribution in [2.24, 2.45) is 0 Å². The second kappa shape index (κ2) is 8.74. The maximum absolute atomic E-state index is 13.7. The van der Waals surface area contributed by atoms with Crippen LogP contribution >= 0.6 is 11.8 Å². The number of nitrogens with zero attached hydrogens (tertiary/aromatic N) is 4. The number of carbonyl (C=O) groups excluding carboxylic acids is 1. The molecule has 0 amide bonds. The third-order valence-electron chi connectivity index (χ3n) is 5.23. The van der Waals surface area contributed by atoms with E-state index in [9.17, 15) is 13.6 Å². The Morgan fingerprint density at radius 2 is 1.90 bits per heavy atom. The van der Waals surface area contributed by atoms with Gasteiger partial charge in [0.1, 0.15) is 11.6 Å². The van der Waals surface area contributed by atoms with Crippen LogP contribution in [0, 0.1) is 0 Å². The van der Waals surface area contributed by atoms with Crippen LogP contribution in [0.2, 0.25) is 0 Å². The lowest BCUT2D eigenvalue weighted by Gasteiger charge is -2.33. The molecule has 1 aromatic carbocycles. The number of piperidine rings is 1. The van der Waals surface area contributed by atoms with E-state index < -0.39 is 18.0 Å². The number of anilines is 1. The minimum Gasteiger partial charge on any atom is -0.453 e. The number of hydrogen-bond donors (Lipinski definition) is 0. The Bertz CT molecular complexity index is 1090. The lowest BCUT2D eigenvalue weighted by Crippen LogP contribution is -2.40. The first-order chi connectivity index (χ1) is 14.9.